The SMILES string of the molecule is COCCN1CCc2c(C(=O)NC(Cc3cc(F)cc(F)c3)C(O)CNC3(c4cccc(C(F)(F)F)c4)CC3)cccc2C1=O. The maximum Gasteiger partial charge on any atom is 0.416 e. The number of nitrogens with zero attached hydrogens (tertiary/aromatic N) is 1. The first-order chi connectivity index (χ1) is 21.4. The topological polar surface area (TPSA) is 90.9 Å². The highest BCUT2D eigenvalue weighted by Crippen LogP contribution is 2.46. The first-order valence-corrected chi connectivity index (χ1v) is 14.7. The van der Waals surface area contributed by atoms with E-state index in [1.54, 1.807) is 36.3 Å². The van der Waals surface area contributed by atoms with Gasteiger partial charge >= 0.3 is 6.18 Å². The van der Waals surface area contributed by atoms with E-state index in [-0.39, 0.29) is 30.0 Å². The van der Waals surface area contributed by atoms with Crippen LogP contribution in [0.4, 0.5) is 22.0 Å². The number of amides is 2. The van der Waals surface area contributed by atoms with Gasteiger partial charge in [0.1, 0.15) is 11.6 Å². The molecule has 1 heterocycles. The summed E-state index contributed by atoms with van der Waals surface area (Å²) >= 11 is 0. The van der Waals surface area contributed by atoms with Crippen molar-refractivity contribution in [3.8, 4) is 0 Å². The molecular weight excluding hydrogens is 597 g/mol. The molecule has 5 rings (SSSR count). The van der Waals surface area contributed by atoms with Crippen LogP contribution in [-0.4, -0.2) is 67.3 Å². The molecule has 7 nitrogen and oxygen atoms in total. The van der Waals surface area contributed by atoms with E-state index in [2.05, 4.69) is 10.6 Å². The lowest BCUT2D eigenvalue weighted by molar-refractivity contribution is -0.137. The Hall–Kier alpha value is -3.87. The molecule has 12 heteroatoms. The maximum absolute atomic E-state index is 14.0. The van der Waals surface area contributed by atoms with E-state index in [4.69, 9.17) is 4.74 Å². The zero-order valence-corrected chi connectivity index (χ0v) is 24.6. The van der Waals surface area contributed by atoms with E-state index in [0.717, 1.165) is 24.3 Å². The highest BCUT2D eigenvalue weighted by Gasteiger charge is 2.45. The van der Waals surface area contributed by atoms with Crippen molar-refractivity contribution >= 4 is 11.8 Å². The molecule has 2 atom stereocenters. The van der Waals surface area contributed by atoms with E-state index in [9.17, 15) is 36.6 Å². The molecule has 0 spiro atoms. The van der Waals surface area contributed by atoms with Crippen LogP contribution >= 0.6 is 0 Å². The van der Waals surface area contributed by atoms with Gasteiger partial charge < -0.3 is 25.4 Å². The van der Waals surface area contributed by atoms with Crippen LogP contribution in [0.25, 0.3) is 0 Å². The van der Waals surface area contributed by atoms with Crippen molar-refractivity contribution in [2.45, 2.75) is 49.5 Å². The average Bonchev–Trinajstić information content (AvgIpc) is 3.79. The number of hydrogen-bond donors (Lipinski definition) is 3. The number of rotatable bonds is 12. The van der Waals surface area contributed by atoms with Crippen LogP contribution in [0.1, 0.15) is 55.8 Å². The van der Waals surface area contributed by atoms with Crippen molar-refractivity contribution in [2.75, 3.05) is 33.4 Å². The number of hydrogen-bond acceptors (Lipinski definition) is 5. The summed E-state index contributed by atoms with van der Waals surface area (Å²) in [6.07, 6.45) is -4.45. The summed E-state index contributed by atoms with van der Waals surface area (Å²) in [7, 11) is 1.54. The molecule has 3 N–H and O–H groups in total. The summed E-state index contributed by atoms with van der Waals surface area (Å²) in [5.74, 6) is -2.45. The average molecular weight is 632 g/mol. The quantitative estimate of drug-likeness (QED) is 0.254. The lowest BCUT2D eigenvalue weighted by Crippen LogP contribution is -2.50. The van der Waals surface area contributed by atoms with E-state index in [0.29, 0.717) is 61.7 Å². The molecule has 0 radical (unpaired) electrons. The molecule has 0 saturated heterocycles. The molecule has 2 unspecified atom stereocenters. The van der Waals surface area contributed by atoms with E-state index in [1.165, 1.54) is 6.07 Å². The number of ether oxygens (including phenoxy) is 1. The van der Waals surface area contributed by atoms with E-state index in [1.807, 2.05) is 0 Å². The number of benzene rings is 3. The van der Waals surface area contributed by atoms with Gasteiger partial charge in [0.05, 0.1) is 24.3 Å². The van der Waals surface area contributed by atoms with Gasteiger partial charge in [0, 0.05) is 49.5 Å². The lowest BCUT2D eigenvalue weighted by Gasteiger charge is -2.30. The van der Waals surface area contributed by atoms with Crippen molar-refractivity contribution in [2.24, 2.45) is 0 Å². The molecule has 3 aromatic rings. The van der Waals surface area contributed by atoms with Crippen LogP contribution in [0.2, 0.25) is 0 Å². The molecule has 1 saturated carbocycles. The fourth-order valence-corrected chi connectivity index (χ4v) is 5.84. The van der Waals surface area contributed by atoms with E-state index < -0.39 is 47.0 Å². The molecule has 0 aromatic heterocycles. The molecule has 2 amide bonds. The highest BCUT2D eigenvalue weighted by atomic mass is 19.4. The Bertz CT molecular complexity index is 1540. The number of aliphatic hydroxyl groups excluding tert-OH is 1. The Labute approximate surface area is 257 Å². The predicted octanol–water partition coefficient (Wildman–Crippen LogP) is 4.61. The fraction of sp³-hybridized carbons (Fsp3) is 0.394. The van der Waals surface area contributed by atoms with Crippen molar-refractivity contribution < 1.29 is 41.4 Å². The minimum atomic E-state index is -4.51. The van der Waals surface area contributed by atoms with Crippen molar-refractivity contribution in [1.29, 1.82) is 0 Å². The van der Waals surface area contributed by atoms with Gasteiger partial charge in [-0.15, -0.1) is 0 Å². The molecule has 2 aliphatic rings. The van der Waals surface area contributed by atoms with Crippen LogP contribution in [-0.2, 0) is 29.3 Å². The van der Waals surface area contributed by atoms with Crippen molar-refractivity contribution in [3.63, 3.8) is 0 Å². The van der Waals surface area contributed by atoms with Crippen LogP contribution < -0.4 is 10.6 Å². The molecule has 3 aromatic carbocycles. The Morgan fingerprint density at radius 1 is 1.07 bits per heavy atom. The van der Waals surface area contributed by atoms with Gasteiger partial charge in [0.15, 0.2) is 0 Å². The summed E-state index contributed by atoms with van der Waals surface area (Å²) in [4.78, 5) is 28.3. The third-order valence-electron chi connectivity index (χ3n) is 8.44. The third-order valence-corrected chi connectivity index (χ3v) is 8.44. The Kier molecular flexibility index (Phi) is 9.57. The number of methoxy groups -OCH3 is 1. The lowest BCUT2D eigenvalue weighted by atomic mass is 9.92. The van der Waals surface area contributed by atoms with Gasteiger partial charge in [-0.1, -0.05) is 18.2 Å². The molecule has 1 aliphatic heterocycles. The van der Waals surface area contributed by atoms with Crippen LogP contribution in [0.15, 0.2) is 60.7 Å². The normalized spacial score (nSPS) is 17.0. The van der Waals surface area contributed by atoms with Gasteiger partial charge in [-0.25, -0.2) is 8.78 Å². The summed E-state index contributed by atoms with van der Waals surface area (Å²) < 4.78 is 73.2. The van der Waals surface area contributed by atoms with Gasteiger partial charge in [0.2, 0.25) is 0 Å². The number of fused-ring (bicyclic) bond motifs is 1. The smallest absolute Gasteiger partial charge is 0.390 e. The van der Waals surface area contributed by atoms with Crippen LogP contribution in [0.3, 0.4) is 0 Å². The number of alkyl halides is 3. The fourth-order valence-electron chi connectivity index (χ4n) is 5.84. The first kappa shape index (κ1) is 32.5. The van der Waals surface area contributed by atoms with Gasteiger partial charge in [-0.05, 0) is 78.8 Å². The summed E-state index contributed by atoms with van der Waals surface area (Å²) in [5.41, 5.74) is 0.234. The standard InChI is InChI=1S/C33H34F5N3O4/c1-45-13-12-41-11-8-25-26(6-3-7-27(25)31(41)44)30(43)40-28(16-20-14-23(34)18-24(35)15-20)29(42)19-39-32(9-10-32)21-4-2-5-22(17-21)33(36,37)38/h2-7,14-15,17-18,28-29,39,42H,8-13,16,19H2,1H3,(H,40,43). The van der Waals surface area contributed by atoms with Gasteiger partial charge in [0.25, 0.3) is 11.8 Å². The second kappa shape index (κ2) is 13.2. The summed E-state index contributed by atoms with van der Waals surface area (Å²) in [6.45, 7) is 1.03. The molecule has 1 fully saturated rings. The van der Waals surface area contributed by atoms with Gasteiger partial charge in [-0.3, -0.25) is 9.59 Å². The molecule has 45 heavy (non-hydrogen) atoms. The minimum absolute atomic E-state index is 0.126. The minimum Gasteiger partial charge on any atom is -0.390 e. The number of halogens is 5. The monoisotopic (exact) mass is 631 g/mol. The number of carbonyl (C=O) groups is 2. The van der Waals surface area contributed by atoms with Crippen molar-refractivity contribution in [3.05, 3.63) is 106 Å². The number of nitrogens with one attached hydrogen (secondary N) is 2. The van der Waals surface area contributed by atoms with Gasteiger partial charge in [-0.2, -0.15) is 13.2 Å². The molecule has 1 aliphatic carbocycles. The summed E-state index contributed by atoms with van der Waals surface area (Å²) in [6, 6.07) is 11.7. The zero-order chi connectivity index (χ0) is 32.4. The first-order valence-electron chi connectivity index (χ1n) is 14.7. The number of carbonyl (C=O) groups excluding carboxylic acids is 2. The zero-order valence-electron chi connectivity index (χ0n) is 24.6. The molecule has 0 bridgehead atoms. The molecular formula is C33H34F5N3O4. The highest BCUT2D eigenvalue weighted by molar-refractivity contribution is 6.03. The Morgan fingerprint density at radius 2 is 1.78 bits per heavy atom. The maximum atomic E-state index is 14.0. The Balaban J connectivity index is 1.36. The Morgan fingerprint density at radius 3 is 2.44 bits per heavy atom. The predicted molar refractivity (Wildman–Crippen MR) is 156 cm³/mol. The largest absolute Gasteiger partial charge is 0.416 e. The number of aliphatic hydroxyl groups is 1. The van der Waals surface area contributed by atoms with E-state index >= 15 is 0 Å². The second-order valence-corrected chi connectivity index (χ2v) is 11.5. The summed E-state index contributed by atoms with van der Waals surface area (Å²) in [5, 5.41) is 17.3. The van der Waals surface area contributed by atoms with Crippen molar-refractivity contribution in [1.82, 2.24) is 15.5 Å². The third kappa shape index (κ3) is 7.51. The van der Waals surface area contributed by atoms with Crippen LogP contribution in [0, 0.1) is 11.6 Å². The van der Waals surface area contributed by atoms with Crippen LogP contribution in [0.5, 0.6) is 0 Å². The second-order valence-electron chi connectivity index (χ2n) is 11.5. The molecule has 240 valence electrons.